The first-order valence-corrected chi connectivity index (χ1v) is 9.37. The zero-order valence-corrected chi connectivity index (χ0v) is 16.2. The zero-order chi connectivity index (χ0) is 20.1. The third kappa shape index (κ3) is 4.84. The number of rotatable bonds is 6. The summed E-state index contributed by atoms with van der Waals surface area (Å²) in [7, 11) is 0. The number of halogens is 3. The van der Waals surface area contributed by atoms with Gasteiger partial charge in [-0.3, -0.25) is 4.79 Å². The minimum Gasteiger partial charge on any atom is -0.490 e. The average Bonchev–Trinajstić information content (AvgIpc) is 2.69. The van der Waals surface area contributed by atoms with Crippen molar-refractivity contribution in [1.29, 1.82) is 0 Å². The molecule has 5 nitrogen and oxygen atoms in total. The number of nitrogens with zero attached hydrogens (tertiary/aromatic N) is 2. The van der Waals surface area contributed by atoms with Crippen LogP contribution >= 0.6 is 11.6 Å². The van der Waals surface area contributed by atoms with Crippen LogP contribution in [0.15, 0.2) is 42.5 Å². The first-order valence-electron chi connectivity index (χ1n) is 8.99. The van der Waals surface area contributed by atoms with E-state index in [-0.39, 0.29) is 24.0 Å². The van der Waals surface area contributed by atoms with Gasteiger partial charge in [-0.05, 0) is 43.3 Å². The molecule has 150 valence electrons. The minimum absolute atomic E-state index is 0.0841. The van der Waals surface area contributed by atoms with Gasteiger partial charge >= 0.3 is 6.61 Å². The van der Waals surface area contributed by atoms with E-state index in [1.54, 1.807) is 11.8 Å². The maximum Gasteiger partial charge on any atom is 0.387 e. The fraction of sp³-hybridized carbons (Fsp3) is 0.350. The molecule has 0 spiro atoms. The van der Waals surface area contributed by atoms with Gasteiger partial charge in [-0.2, -0.15) is 8.78 Å². The largest absolute Gasteiger partial charge is 0.490 e. The van der Waals surface area contributed by atoms with E-state index in [0.29, 0.717) is 36.8 Å². The van der Waals surface area contributed by atoms with Crippen LogP contribution in [-0.4, -0.2) is 50.2 Å². The first kappa shape index (κ1) is 20.2. The van der Waals surface area contributed by atoms with E-state index >= 15 is 0 Å². The molecule has 3 rings (SSSR count). The molecule has 1 aliphatic heterocycles. The smallest absolute Gasteiger partial charge is 0.387 e. The van der Waals surface area contributed by atoms with E-state index in [9.17, 15) is 13.6 Å². The second-order valence-corrected chi connectivity index (χ2v) is 6.67. The van der Waals surface area contributed by atoms with Crippen LogP contribution < -0.4 is 14.4 Å². The number of carbonyl (C=O) groups is 1. The molecule has 28 heavy (non-hydrogen) atoms. The Kier molecular flexibility index (Phi) is 6.57. The molecule has 0 bridgehead atoms. The number of anilines is 1. The summed E-state index contributed by atoms with van der Waals surface area (Å²) in [6.45, 7) is 1.49. The Balaban J connectivity index is 1.68. The van der Waals surface area contributed by atoms with Gasteiger partial charge in [-0.15, -0.1) is 0 Å². The number of ether oxygens (including phenoxy) is 2. The van der Waals surface area contributed by atoms with Gasteiger partial charge in [0.2, 0.25) is 0 Å². The van der Waals surface area contributed by atoms with Crippen molar-refractivity contribution < 1.29 is 23.0 Å². The lowest BCUT2D eigenvalue weighted by atomic mass is 10.1. The molecule has 0 aromatic heterocycles. The van der Waals surface area contributed by atoms with E-state index in [1.807, 2.05) is 24.3 Å². The van der Waals surface area contributed by atoms with Crippen LogP contribution in [0.3, 0.4) is 0 Å². The number of alkyl halides is 2. The maximum atomic E-state index is 12.8. The summed E-state index contributed by atoms with van der Waals surface area (Å²) in [5.41, 5.74) is 1.40. The number of hydrogen-bond acceptors (Lipinski definition) is 4. The third-order valence-electron chi connectivity index (χ3n) is 4.45. The molecule has 0 atom stereocenters. The molecule has 1 saturated heterocycles. The molecule has 2 aromatic rings. The van der Waals surface area contributed by atoms with Gasteiger partial charge in [0.1, 0.15) is 0 Å². The molecule has 0 aliphatic carbocycles. The lowest BCUT2D eigenvalue weighted by molar-refractivity contribution is -0.0514. The predicted molar refractivity (Wildman–Crippen MR) is 104 cm³/mol. The molecule has 0 unspecified atom stereocenters. The standard InChI is InChI=1S/C20H21ClF2N2O3/c1-2-27-18-12-14(6-7-17(18)28-20(22)23)19(26)25-10-8-24(9-11-25)16-5-3-4-15(21)13-16/h3-7,12-13,20H,2,8-11H2,1H3. The number of piperazine rings is 1. The van der Waals surface area contributed by atoms with Crippen LogP contribution in [0, 0.1) is 0 Å². The minimum atomic E-state index is -2.96. The van der Waals surface area contributed by atoms with Crippen molar-refractivity contribution in [3.8, 4) is 11.5 Å². The van der Waals surface area contributed by atoms with Crippen molar-refractivity contribution in [1.82, 2.24) is 4.90 Å². The maximum absolute atomic E-state index is 12.8. The Morgan fingerprint density at radius 2 is 1.86 bits per heavy atom. The molecule has 0 radical (unpaired) electrons. The summed E-state index contributed by atoms with van der Waals surface area (Å²) in [5.74, 6) is -0.124. The van der Waals surface area contributed by atoms with Gasteiger partial charge in [0, 0.05) is 42.5 Å². The van der Waals surface area contributed by atoms with Crippen LogP contribution in [-0.2, 0) is 0 Å². The van der Waals surface area contributed by atoms with Gasteiger partial charge in [0.15, 0.2) is 11.5 Å². The zero-order valence-electron chi connectivity index (χ0n) is 15.4. The Hall–Kier alpha value is -2.54. The molecule has 0 N–H and O–H groups in total. The topological polar surface area (TPSA) is 42.0 Å². The molecule has 8 heteroatoms. The Morgan fingerprint density at radius 3 is 2.50 bits per heavy atom. The predicted octanol–water partition coefficient (Wildman–Crippen LogP) is 4.30. The lowest BCUT2D eigenvalue weighted by Gasteiger charge is -2.36. The summed E-state index contributed by atoms with van der Waals surface area (Å²) >= 11 is 6.05. The van der Waals surface area contributed by atoms with Crippen LogP contribution in [0.1, 0.15) is 17.3 Å². The van der Waals surface area contributed by atoms with Gasteiger partial charge in [-0.25, -0.2) is 0 Å². The molecule has 0 saturated carbocycles. The van der Waals surface area contributed by atoms with Gasteiger partial charge in [0.25, 0.3) is 5.91 Å². The highest BCUT2D eigenvalue weighted by Crippen LogP contribution is 2.30. The average molecular weight is 411 g/mol. The molecular weight excluding hydrogens is 390 g/mol. The lowest BCUT2D eigenvalue weighted by Crippen LogP contribution is -2.48. The van der Waals surface area contributed by atoms with Crippen molar-refractivity contribution in [2.45, 2.75) is 13.5 Å². The van der Waals surface area contributed by atoms with Crippen LogP contribution in [0.4, 0.5) is 14.5 Å². The normalized spacial score (nSPS) is 14.3. The molecule has 1 heterocycles. The number of benzene rings is 2. The van der Waals surface area contributed by atoms with Crippen molar-refractivity contribution >= 4 is 23.2 Å². The Labute approximate surface area is 167 Å². The van der Waals surface area contributed by atoms with Gasteiger partial charge in [0.05, 0.1) is 6.61 Å². The van der Waals surface area contributed by atoms with Crippen molar-refractivity contribution in [3.05, 3.63) is 53.1 Å². The molecule has 1 aliphatic rings. The summed E-state index contributed by atoms with van der Waals surface area (Å²) in [4.78, 5) is 16.7. The Bertz CT molecular complexity index is 827. The van der Waals surface area contributed by atoms with E-state index in [4.69, 9.17) is 16.3 Å². The van der Waals surface area contributed by atoms with E-state index < -0.39 is 6.61 Å². The second kappa shape index (κ2) is 9.10. The van der Waals surface area contributed by atoms with Crippen LogP contribution in [0.25, 0.3) is 0 Å². The summed E-state index contributed by atoms with van der Waals surface area (Å²) in [5, 5.41) is 0.672. The van der Waals surface area contributed by atoms with Crippen LogP contribution in [0.5, 0.6) is 11.5 Å². The first-order chi connectivity index (χ1) is 13.5. The highest BCUT2D eigenvalue weighted by molar-refractivity contribution is 6.30. The fourth-order valence-electron chi connectivity index (χ4n) is 3.13. The van der Waals surface area contributed by atoms with E-state index in [1.165, 1.54) is 18.2 Å². The SMILES string of the molecule is CCOc1cc(C(=O)N2CCN(c3cccc(Cl)c3)CC2)ccc1OC(F)F. The number of carbonyl (C=O) groups excluding carboxylic acids is 1. The van der Waals surface area contributed by atoms with Crippen LogP contribution in [0.2, 0.25) is 5.02 Å². The van der Waals surface area contributed by atoms with Crippen molar-refractivity contribution in [3.63, 3.8) is 0 Å². The van der Waals surface area contributed by atoms with E-state index in [2.05, 4.69) is 9.64 Å². The Morgan fingerprint density at radius 1 is 1.11 bits per heavy atom. The molecule has 2 aromatic carbocycles. The number of hydrogen-bond donors (Lipinski definition) is 0. The molecule has 1 fully saturated rings. The third-order valence-corrected chi connectivity index (χ3v) is 4.68. The van der Waals surface area contributed by atoms with Gasteiger partial charge < -0.3 is 19.3 Å². The summed E-state index contributed by atoms with van der Waals surface area (Å²) in [6.07, 6.45) is 0. The summed E-state index contributed by atoms with van der Waals surface area (Å²) in [6, 6.07) is 11.9. The fourth-order valence-corrected chi connectivity index (χ4v) is 3.31. The van der Waals surface area contributed by atoms with Crippen molar-refractivity contribution in [2.24, 2.45) is 0 Å². The summed E-state index contributed by atoms with van der Waals surface area (Å²) < 4.78 is 34.9. The highest BCUT2D eigenvalue weighted by Gasteiger charge is 2.24. The van der Waals surface area contributed by atoms with E-state index in [0.717, 1.165) is 5.69 Å². The number of amides is 1. The monoisotopic (exact) mass is 410 g/mol. The second-order valence-electron chi connectivity index (χ2n) is 6.23. The highest BCUT2D eigenvalue weighted by atomic mass is 35.5. The quantitative estimate of drug-likeness (QED) is 0.712. The van der Waals surface area contributed by atoms with Gasteiger partial charge in [-0.1, -0.05) is 17.7 Å². The molecule has 1 amide bonds. The van der Waals surface area contributed by atoms with Crippen molar-refractivity contribution in [2.75, 3.05) is 37.7 Å². The molecular formula is C20H21ClF2N2O3.